The number of rotatable bonds is 8. The van der Waals surface area contributed by atoms with Gasteiger partial charge in [-0.2, -0.15) is 18.3 Å². The van der Waals surface area contributed by atoms with Gasteiger partial charge in [-0.25, -0.2) is 9.50 Å². The third-order valence-corrected chi connectivity index (χ3v) is 7.40. The Labute approximate surface area is 207 Å². The third kappa shape index (κ3) is 5.55. The maximum absolute atomic E-state index is 12.9. The standard InChI is InChI=1S/C23H24F3N5O4S/c24-23(25,26)11-34-15-7-8-17-16(9-28-31(17)10-15)20(33)29-13-3-5-14(6-4-13)35-21-18(19(27)32)36-22(30-21)12-1-2-12/h7-10,12-14H,1-6,11H2,(H2,27,32)(H,29,33). The Bertz CT molecular complexity index is 1280. The first-order valence-electron chi connectivity index (χ1n) is 11.6. The first kappa shape index (κ1) is 24.3. The predicted octanol–water partition coefficient (Wildman–Crippen LogP) is 3.83. The van der Waals surface area contributed by atoms with Crippen LogP contribution in [0.5, 0.6) is 11.6 Å². The quantitative estimate of drug-likeness (QED) is 0.463. The Hall–Kier alpha value is -3.35. The Morgan fingerprint density at radius 3 is 2.58 bits per heavy atom. The first-order valence-corrected chi connectivity index (χ1v) is 12.4. The van der Waals surface area contributed by atoms with Gasteiger partial charge in [0.2, 0.25) is 5.88 Å². The Morgan fingerprint density at radius 2 is 1.92 bits per heavy atom. The summed E-state index contributed by atoms with van der Waals surface area (Å²) in [5.74, 6) is -0.148. The largest absolute Gasteiger partial charge is 0.483 e. The number of nitrogens with one attached hydrogen (secondary N) is 1. The van der Waals surface area contributed by atoms with Gasteiger partial charge in [-0.1, -0.05) is 0 Å². The molecule has 0 saturated heterocycles. The molecule has 3 aromatic heterocycles. The van der Waals surface area contributed by atoms with Crippen LogP contribution in [0.3, 0.4) is 0 Å². The number of nitrogens with two attached hydrogens (primary N) is 1. The second-order valence-electron chi connectivity index (χ2n) is 9.05. The van der Waals surface area contributed by atoms with Gasteiger partial charge >= 0.3 is 6.18 Å². The van der Waals surface area contributed by atoms with Crippen molar-refractivity contribution in [1.82, 2.24) is 19.9 Å². The van der Waals surface area contributed by atoms with Crippen LogP contribution in [0.1, 0.15) is 69.5 Å². The van der Waals surface area contributed by atoms with E-state index in [1.807, 2.05) is 0 Å². The molecule has 2 aliphatic rings. The van der Waals surface area contributed by atoms with Gasteiger partial charge in [-0.3, -0.25) is 9.59 Å². The number of thiazole rings is 1. The van der Waals surface area contributed by atoms with Crippen molar-refractivity contribution in [3.63, 3.8) is 0 Å². The van der Waals surface area contributed by atoms with Crippen LogP contribution in [0, 0.1) is 0 Å². The third-order valence-electron chi connectivity index (χ3n) is 6.19. The molecule has 192 valence electrons. The highest BCUT2D eigenvalue weighted by Gasteiger charge is 2.32. The average molecular weight is 524 g/mol. The summed E-state index contributed by atoms with van der Waals surface area (Å²) in [6.07, 6.45) is 2.93. The fourth-order valence-corrected chi connectivity index (χ4v) is 5.22. The maximum Gasteiger partial charge on any atom is 0.422 e. The Kier molecular flexibility index (Phi) is 6.49. The van der Waals surface area contributed by atoms with Crippen molar-refractivity contribution in [2.75, 3.05) is 6.61 Å². The molecule has 3 aromatic rings. The summed E-state index contributed by atoms with van der Waals surface area (Å²) in [7, 11) is 0. The minimum Gasteiger partial charge on any atom is -0.483 e. The summed E-state index contributed by atoms with van der Waals surface area (Å²) in [6, 6.07) is 2.79. The zero-order valence-corrected chi connectivity index (χ0v) is 19.9. The highest BCUT2D eigenvalue weighted by Crippen LogP contribution is 2.44. The van der Waals surface area contributed by atoms with Crippen molar-refractivity contribution >= 4 is 28.7 Å². The van der Waals surface area contributed by atoms with E-state index in [4.69, 9.17) is 15.2 Å². The van der Waals surface area contributed by atoms with Crippen molar-refractivity contribution in [3.8, 4) is 11.6 Å². The number of halogens is 3. The number of ether oxygens (including phenoxy) is 2. The minimum absolute atomic E-state index is 0.00272. The predicted molar refractivity (Wildman–Crippen MR) is 123 cm³/mol. The normalized spacial score (nSPS) is 20.3. The number of fused-ring (bicyclic) bond motifs is 1. The number of aromatic nitrogens is 3. The molecule has 9 nitrogen and oxygen atoms in total. The molecule has 3 heterocycles. The number of pyridine rings is 1. The van der Waals surface area contributed by atoms with Crippen molar-refractivity contribution in [3.05, 3.63) is 40.0 Å². The van der Waals surface area contributed by atoms with E-state index in [1.54, 1.807) is 0 Å². The second-order valence-corrected chi connectivity index (χ2v) is 10.1. The number of primary amides is 1. The number of carbonyl (C=O) groups excluding carboxylic acids is 2. The van der Waals surface area contributed by atoms with E-state index in [0.29, 0.717) is 53.4 Å². The monoisotopic (exact) mass is 523 g/mol. The highest BCUT2D eigenvalue weighted by atomic mass is 32.1. The van der Waals surface area contributed by atoms with Crippen LogP contribution in [0.25, 0.3) is 5.52 Å². The molecule has 3 N–H and O–H groups in total. The molecule has 13 heteroatoms. The van der Waals surface area contributed by atoms with E-state index in [0.717, 1.165) is 17.8 Å². The van der Waals surface area contributed by atoms with Crippen LogP contribution in [0.15, 0.2) is 24.5 Å². The van der Waals surface area contributed by atoms with Crippen LogP contribution in [-0.4, -0.2) is 51.3 Å². The van der Waals surface area contributed by atoms with Gasteiger partial charge in [0.15, 0.2) is 11.5 Å². The molecule has 36 heavy (non-hydrogen) atoms. The Morgan fingerprint density at radius 1 is 1.17 bits per heavy atom. The fourth-order valence-electron chi connectivity index (χ4n) is 4.20. The number of amides is 2. The lowest BCUT2D eigenvalue weighted by Gasteiger charge is -2.29. The summed E-state index contributed by atoms with van der Waals surface area (Å²) in [5, 5.41) is 7.96. The molecular weight excluding hydrogens is 499 g/mol. The van der Waals surface area contributed by atoms with Gasteiger partial charge in [0.1, 0.15) is 16.9 Å². The minimum atomic E-state index is -4.45. The first-order chi connectivity index (χ1) is 17.2. The summed E-state index contributed by atoms with van der Waals surface area (Å²) >= 11 is 1.31. The summed E-state index contributed by atoms with van der Waals surface area (Å²) < 4.78 is 49.2. The molecule has 0 spiro atoms. The molecule has 2 aliphatic carbocycles. The fraction of sp³-hybridized carbons (Fsp3) is 0.478. The summed E-state index contributed by atoms with van der Waals surface area (Å²) in [5.41, 5.74) is 6.27. The molecule has 0 aromatic carbocycles. The second kappa shape index (κ2) is 9.60. The van der Waals surface area contributed by atoms with E-state index >= 15 is 0 Å². The van der Waals surface area contributed by atoms with E-state index in [1.165, 1.54) is 40.4 Å². The van der Waals surface area contributed by atoms with Gasteiger partial charge < -0.3 is 20.5 Å². The topological polar surface area (TPSA) is 121 Å². The van der Waals surface area contributed by atoms with E-state index in [2.05, 4.69) is 15.4 Å². The lowest BCUT2D eigenvalue weighted by molar-refractivity contribution is -0.153. The van der Waals surface area contributed by atoms with Crippen LogP contribution in [0.4, 0.5) is 13.2 Å². The highest BCUT2D eigenvalue weighted by molar-refractivity contribution is 7.14. The van der Waals surface area contributed by atoms with Gasteiger partial charge in [0.05, 0.1) is 23.5 Å². The molecule has 0 bridgehead atoms. The molecule has 2 fully saturated rings. The van der Waals surface area contributed by atoms with Gasteiger partial charge in [-0.05, 0) is 50.7 Å². The molecule has 0 atom stereocenters. The number of nitrogens with zero attached hydrogens (tertiary/aromatic N) is 3. The van der Waals surface area contributed by atoms with Crippen molar-refractivity contribution in [2.45, 2.75) is 62.8 Å². The summed E-state index contributed by atoms with van der Waals surface area (Å²) in [4.78, 5) is 29.5. The molecule has 2 saturated carbocycles. The number of hydrogen-bond donors (Lipinski definition) is 2. The van der Waals surface area contributed by atoms with Crippen LogP contribution in [0.2, 0.25) is 0 Å². The van der Waals surface area contributed by atoms with Crippen LogP contribution < -0.4 is 20.5 Å². The molecule has 0 aliphatic heterocycles. The maximum atomic E-state index is 12.9. The van der Waals surface area contributed by atoms with Crippen molar-refractivity contribution < 1.29 is 32.2 Å². The van der Waals surface area contributed by atoms with E-state index in [9.17, 15) is 22.8 Å². The number of hydrogen-bond acceptors (Lipinski definition) is 7. The lowest BCUT2D eigenvalue weighted by atomic mass is 9.92. The van der Waals surface area contributed by atoms with Crippen LogP contribution >= 0.6 is 11.3 Å². The molecule has 0 unspecified atom stereocenters. The van der Waals surface area contributed by atoms with Gasteiger partial charge in [0.25, 0.3) is 11.8 Å². The number of carbonyl (C=O) groups is 2. The smallest absolute Gasteiger partial charge is 0.422 e. The van der Waals surface area contributed by atoms with Gasteiger partial charge in [-0.15, -0.1) is 11.3 Å². The molecule has 0 radical (unpaired) electrons. The molecule has 5 rings (SSSR count). The summed E-state index contributed by atoms with van der Waals surface area (Å²) in [6.45, 7) is -1.41. The average Bonchev–Trinajstić information content (AvgIpc) is 3.45. The van der Waals surface area contributed by atoms with Crippen molar-refractivity contribution in [2.24, 2.45) is 5.73 Å². The zero-order chi connectivity index (χ0) is 25.4. The van der Waals surface area contributed by atoms with Gasteiger partial charge in [0, 0.05) is 12.0 Å². The zero-order valence-electron chi connectivity index (χ0n) is 19.1. The van der Waals surface area contributed by atoms with Crippen LogP contribution in [-0.2, 0) is 0 Å². The van der Waals surface area contributed by atoms with E-state index in [-0.39, 0.29) is 23.8 Å². The molecule has 2 amide bonds. The molecular formula is C23H24F3N5O4S. The van der Waals surface area contributed by atoms with E-state index < -0.39 is 18.7 Å². The number of alkyl halides is 3. The SMILES string of the molecule is NC(=O)c1sc(C2CC2)nc1OC1CCC(NC(=O)c2cnn3cc(OCC(F)(F)F)ccc23)CC1. The Balaban J connectivity index is 1.16. The lowest BCUT2D eigenvalue weighted by Crippen LogP contribution is -2.39. The van der Waals surface area contributed by atoms with Crippen molar-refractivity contribution in [1.29, 1.82) is 0 Å².